The van der Waals surface area contributed by atoms with Gasteiger partial charge in [-0.3, -0.25) is 4.79 Å². The van der Waals surface area contributed by atoms with E-state index < -0.39 is 11.4 Å². The number of nitrogens with zero attached hydrogens (tertiary/aromatic N) is 1. The zero-order valence-electron chi connectivity index (χ0n) is 11.8. The Morgan fingerprint density at radius 1 is 1.28 bits per heavy atom. The highest BCUT2D eigenvalue weighted by molar-refractivity contribution is 5.75. The second-order valence-electron chi connectivity index (χ2n) is 6.76. The maximum atomic E-state index is 11.7. The molecule has 104 valence electrons. The number of aliphatic carboxylic acids is 1. The predicted molar refractivity (Wildman–Crippen MR) is 72.5 cm³/mol. The van der Waals surface area contributed by atoms with E-state index in [0.29, 0.717) is 5.92 Å². The van der Waals surface area contributed by atoms with Gasteiger partial charge in [-0.2, -0.15) is 0 Å². The van der Waals surface area contributed by atoms with Crippen molar-refractivity contribution in [2.75, 3.05) is 20.1 Å². The molecule has 0 saturated heterocycles. The number of hydrogen-bond acceptors (Lipinski definition) is 2. The number of carbonyl (C=O) groups is 1. The first kappa shape index (κ1) is 13.9. The summed E-state index contributed by atoms with van der Waals surface area (Å²) < 4.78 is 0. The van der Waals surface area contributed by atoms with Gasteiger partial charge in [-0.05, 0) is 57.4 Å². The molecular formula is C15H27NO2. The molecule has 0 aromatic heterocycles. The molecule has 0 aromatic rings. The van der Waals surface area contributed by atoms with Gasteiger partial charge in [0, 0.05) is 13.1 Å². The van der Waals surface area contributed by atoms with Gasteiger partial charge >= 0.3 is 5.97 Å². The average molecular weight is 253 g/mol. The minimum absolute atomic E-state index is 0.467. The van der Waals surface area contributed by atoms with E-state index in [9.17, 15) is 9.90 Å². The lowest BCUT2D eigenvalue weighted by Gasteiger charge is -2.40. The molecule has 2 rings (SSSR count). The Kier molecular flexibility index (Phi) is 4.31. The third-order valence-electron chi connectivity index (χ3n) is 5.05. The summed E-state index contributed by atoms with van der Waals surface area (Å²) in [6.45, 7) is 4.07. The fraction of sp³-hybridized carbons (Fsp3) is 0.933. The molecule has 2 aliphatic rings. The molecule has 2 saturated carbocycles. The minimum atomic E-state index is -0.574. The number of carboxylic acid groups (broad SMARTS) is 1. The fourth-order valence-corrected chi connectivity index (χ4v) is 3.45. The van der Waals surface area contributed by atoms with Gasteiger partial charge < -0.3 is 10.0 Å². The Hall–Kier alpha value is -0.570. The Morgan fingerprint density at radius 3 is 2.33 bits per heavy atom. The van der Waals surface area contributed by atoms with Crippen LogP contribution in [0.4, 0.5) is 0 Å². The smallest absolute Gasteiger partial charge is 0.310 e. The molecule has 2 fully saturated rings. The quantitative estimate of drug-likeness (QED) is 0.819. The molecular weight excluding hydrogens is 226 g/mol. The normalized spacial score (nSPS) is 33.4. The van der Waals surface area contributed by atoms with Crippen molar-refractivity contribution in [3.63, 3.8) is 0 Å². The summed E-state index contributed by atoms with van der Waals surface area (Å²) in [7, 11) is 2.10. The van der Waals surface area contributed by atoms with Crippen LogP contribution in [0.2, 0.25) is 0 Å². The van der Waals surface area contributed by atoms with Gasteiger partial charge in [0.15, 0.2) is 0 Å². The lowest BCUT2D eigenvalue weighted by molar-refractivity contribution is -0.153. The molecule has 0 atom stereocenters. The standard InChI is InChI=1S/C15H27NO2/c1-12-6-8-15(9-7-12,14(17)18)11-16(2)10-13-4-3-5-13/h12-13H,3-11H2,1-2H3,(H,17,18). The molecule has 3 nitrogen and oxygen atoms in total. The van der Waals surface area contributed by atoms with Crippen LogP contribution in [0.25, 0.3) is 0 Å². The van der Waals surface area contributed by atoms with Crippen molar-refractivity contribution in [1.82, 2.24) is 4.90 Å². The van der Waals surface area contributed by atoms with Crippen LogP contribution < -0.4 is 0 Å². The summed E-state index contributed by atoms with van der Waals surface area (Å²) in [5.41, 5.74) is -0.467. The van der Waals surface area contributed by atoms with Crippen molar-refractivity contribution >= 4 is 5.97 Å². The van der Waals surface area contributed by atoms with Gasteiger partial charge in [0.25, 0.3) is 0 Å². The zero-order valence-corrected chi connectivity index (χ0v) is 11.8. The Labute approximate surface area is 111 Å². The van der Waals surface area contributed by atoms with Crippen LogP contribution in [0.1, 0.15) is 51.9 Å². The highest BCUT2D eigenvalue weighted by Crippen LogP contribution is 2.40. The lowest BCUT2D eigenvalue weighted by atomic mass is 9.70. The van der Waals surface area contributed by atoms with E-state index in [4.69, 9.17) is 0 Å². The number of carboxylic acids is 1. The third kappa shape index (κ3) is 3.05. The first-order valence-electron chi connectivity index (χ1n) is 7.44. The topological polar surface area (TPSA) is 40.5 Å². The van der Waals surface area contributed by atoms with Gasteiger partial charge in [-0.1, -0.05) is 13.3 Å². The SMILES string of the molecule is CC1CCC(CN(C)CC2CCC2)(C(=O)O)CC1. The molecule has 0 bridgehead atoms. The Bertz CT molecular complexity index is 291. The molecule has 18 heavy (non-hydrogen) atoms. The highest BCUT2D eigenvalue weighted by atomic mass is 16.4. The first-order chi connectivity index (χ1) is 8.52. The number of hydrogen-bond donors (Lipinski definition) is 1. The van der Waals surface area contributed by atoms with Crippen LogP contribution in [0.15, 0.2) is 0 Å². The molecule has 0 heterocycles. The van der Waals surface area contributed by atoms with Crippen molar-refractivity contribution < 1.29 is 9.90 Å². The van der Waals surface area contributed by atoms with E-state index in [1.807, 2.05) is 0 Å². The van der Waals surface area contributed by atoms with Crippen LogP contribution in [0.3, 0.4) is 0 Å². The van der Waals surface area contributed by atoms with Crippen molar-refractivity contribution in [3.8, 4) is 0 Å². The van der Waals surface area contributed by atoms with Gasteiger partial charge in [-0.25, -0.2) is 0 Å². The van der Waals surface area contributed by atoms with Gasteiger partial charge in [0.1, 0.15) is 0 Å². The second kappa shape index (κ2) is 5.60. The van der Waals surface area contributed by atoms with Crippen LogP contribution in [-0.2, 0) is 4.79 Å². The van der Waals surface area contributed by atoms with Crippen molar-refractivity contribution in [1.29, 1.82) is 0 Å². The van der Waals surface area contributed by atoms with Crippen molar-refractivity contribution in [3.05, 3.63) is 0 Å². The van der Waals surface area contributed by atoms with E-state index in [0.717, 1.165) is 44.7 Å². The summed E-state index contributed by atoms with van der Waals surface area (Å²) in [4.78, 5) is 13.9. The maximum absolute atomic E-state index is 11.7. The predicted octanol–water partition coefficient (Wildman–Crippen LogP) is 3.00. The maximum Gasteiger partial charge on any atom is 0.310 e. The third-order valence-corrected chi connectivity index (χ3v) is 5.05. The molecule has 2 aliphatic carbocycles. The van der Waals surface area contributed by atoms with E-state index >= 15 is 0 Å². The molecule has 0 radical (unpaired) electrons. The molecule has 0 spiro atoms. The van der Waals surface area contributed by atoms with Gasteiger partial charge in [-0.15, -0.1) is 0 Å². The molecule has 0 unspecified atom stereocenters. The minimum Gasteiger partial charge on any atom is -0.481 e. The Morgan fingerprint density at radius 2 is 1.89 bits per heavy atom. The molecule has 0 aliphatic heterocycles. The van der Waals surface area contributed by atoms with Gasteiger partial charge in [0.2, 0.25) is 0 Å². The molecule has 3 heteroatoms. The van der Waals surface area contributed by atoms with E-state index in [2.05, 4.69) is 18.9 Å². The highest BCUT2D eigenvalue weighted by Gasteiger charge is 2.42. The van der Waals surface area contributed by atoms with Crippen LogP contribution in [0, 0.1) is 17.3 Å². The molecule has 0 amide bonds. The Balaban J connectivity index is 1.90. The summed E-state index contributed by atoms with van der Waals surface area (Å²) >= 11 is 0. The zero-order chi connectivity index (χ0) is 13.2. The number of rotatable bonds is 5. The van der Waals surface area contributed by atoms with E-state index in [-0.39, 0.29) is 0 Å². The summed E-state index contributed by atoms with van der Waals surface area (Å²) in [5, 5.41) is 9.60. The summed E-state index contributed by atoms with van der Waals surface area (Å²) in [6, 6.07) is 0. The van der Waals surface area contributed by atoms with Gasteiger partial charge in [0.05, 0.1) is 5.41 Å². The van der Waals surface area contributed by atoms with Crippen molar-refractivity contribution in [2.24, 2.45) is 17.3 Å². The summed E-state index contributed by atoms with van der Waals surface area (Å²) in [6.07, 6.45) is 7.90. The lowest BCUT2D eigenvalue weighted by Crippen LogP contribution is -2.45. The fourth-order valence-electron chi connectivity index (χ4n) is 3.45. The van der Waals surface area contributed by atoms with Crippen LogP contribution >= 0.6 is 0 Å². The monoisotopic (exact) mass is 253 g/mol. The average Bonchev–Trinajstić information content (AvgIpc) is 2.27. The largest absolute Gasteiger partial charge is 0.481 e. The molecule has 0 aromatic carbocycles. The summed E-state index contributed by atoms with van der Waals surface area (Å²) in [5.74, 6) is 0.952. The van der Waals surface area contributed by atoms with Crippen LogP contribution in [-0.4, -0.2) is 36.1 Å². The van der Waals surface area contributed by atoms with E-state index in [1.165, 1.54) is 19.3 Å². The van der Waals surface area contributed by atoms with Crippen LogP contribution in [0.5, 0.6) is 0 Å². The first-order valence-corrected chi connectivity index (χ1v) is 7.44. The van der Waals surface area contributed by atoms with E-state index in [1.54, 1.807) is 0 Å². The van der Waals surface area contributed by atoms with Crippen molar-refractivity contribution in [2.45, 2.75) is 51.9 Å². The second-order valence-corrected chi connectivity index (χ2v) is 6.76. The molecule has 1 N–H and O–H groups in total.